The van der Waals surface area contributed by atoms with Crippen LogP contribution in [0.2, 0.25) is 0 Å². The second kappa shape index (κ2) is 8.71. The fraction of sp³-hybridized carbons (Fsp3) is 0.364. The number of morpholine rings is 1. The van der Waals surface area contributed by atoms with E-state index < -0.39 is 18.0 Å². The molecule has 2 amide bonds. The summed E-state index contributed by atoms with van der Waals surface area (Å²) in [5, 5.41) is 2.62. The lowest BCUT2D eigenvalue weighted by atomic mass is 10.0. The van der Waals surface area contributed by atoms with Crippen molar-refractivity contribution in [2.75, 3.05) is 49.2 Å². The lowest BCUT2D eigenvalue weighted by Gasteiger charge is -2.29. The van der Waals surface area contributed by atoms with Crippen molar-refractivity contribution in [2.45, 2.75) is 13.0 Å². The van der Waals surface area contributed by atoms with E-state index in [4.69, 9.17) is 9.47 Å². The molecule has 158 valence electrons. The zero-order chi connectivity index (χ0) is 21.1. The molecule has 2 heterocycles. The van der Waals surface area contributed by atoms with Crippen LogP contribution >= 0.6 is 0 Å². The number of amides is 2. The molecule has 30 heavy (non-hydrogen) atoms. The number of benzene rings is 2. The molecule has 2 aliphatic rings. The van der Waals surface area contributed by atoms with Crippen LogP contribution in [0.25, 0.3) is 11.1 Å². The molecular weight excluding hydrogens is 389 g/mol. The summed E-state index contributed by atoms with van der Waals surface area (Å²) in [6.07, 6.45) is -1.01. The van der Waals surface area contributed by atoms with Gasteiger partial charge in [-0.2, -0.15) is 0 Å². The van der Waals surface area contributed by atoms with Crippen molar-refractivity contribution in [1.82, 2.24) is 5.32 Å². The number of ether oxygens (including phenoxy) is 2. The molecule has 0 radical (unpaired) electrons. The number of nitrogens with zero attached hydrogens (tertiary/aromatic N) is 2. The van der Waals surface area contributed by atoms with Crippen LogP contribution in [-0.4, -0.2) is 57.5 Å². The minimum absolute atomic E-state index is 0.195. The first-order valence-corrected chi connectivity index (χ1v) is 9.96. The van der Waals surface area contributed by atoms with Gasteiger partial charge in [-0.05, 0) is 35.9 Å². The molecule has 1 atom stereocenters. The van der Waals surface area contributed by atoms with Crippen molar-refractivity contribution in [3.05, 3.63) is 48.3 Å². The third-order valence-corrected chi connectivity index (χ3v) is 5.27. The van der Waals surface area contributed by atoms with Gasteiger partial charge in [0, 0.05) is 31.3 Å². The normalized spacial score (nSPS) is 19.0. The van der Waals surface area contributed by atoms with Crippen LogP contribution in [0.5, 0.6) is 0 Å². The zero-order valence-electron chi connectivity index (χ0n) is 16.8. The van der Waals surface area contributed by atoms with Crippen molar-refractivity contribution in [3.8, 4) is 11.1 Å². The van der Waals surface area contributed by atoms with E-state index in [-0.39, 0.29) is 19.0 Å². The average Bonchev–Trinajstić information content (AvgIpc) is 3.13. The topological polar surface area (TPSA) is 71.1 Å². The van der Waals surface area contributed by atoms with Crippen LogP contribution in [0.4, 0.5) is 20.6 Å². The van der Waals surface area contributed by atoms with E-state index in [1.807, 2.05) is 24.3 Å². The predicted octanol–water partition coefficient (Wildman–Crippen LogP) is 2.79. The Hall–Kier alpha value is -3.13. The van der Waals surface area contributed by atoms with Gasteiger partial charge < -0.3 is 19.7 Å². The summed E-state index contributed by atoms with van der Waals surface area (Å²) in [6, 6.07) is 12.5. The molecule has 0 aliphatic carbocycles. The largest absolute Gasteiger partial charge is 0.442 e. The van der Waals surface area contributed by atoms with Crippen molar-refractivity contribution < 1.29 is 23.5 Å². The van der Waals surface area contributed by atoms with Crippen LogP contribution < -0.4 is 15.1 Å². The predicted molar refractivity (Wildman–Crippen MR) is 111 cm³/mol. The smallest absolute Gasteiger partial charge is 0.414 e. The van der Waals surface area contributed by atoms with Gasteiger partial charge in [-0.15, -0.1) is 0 Å². The Kier molecular flexibility index (Phi) is 5.85. The monoisotopic (exact) mass is 413 g/mol. The molecule has 4 rings (SSSR count). The quantitative estimate of drug-likeness (QED) is 0.816. The van der Waals surface area contributed by atoms with Gasteiger partial charge in [0.25, 0.3) is 0 Å². The Labute approximate surface area is 174 Å². The van der Waals surface area contributed by atoms with Gasteiger partial charge in [0.2, 0.25) is 5.91 Å². The highest BCUT2D eigenvalue weighted by atomic mass is 19.1. The van der Waals surface area contributed by atoms with Gasteiger partial charge in [0.1, 0.15) is 11.9 Å². The molecule has 2 fully saturated rings. The summed E-state index contributed by atoms with van der Waals surface area (Å²) in [4.78, 5) is 26.8. The van der Waals surface area contributed by atoms with Crippen molar-refractivity contribution in [1.29, 1.82) is 0 Å². The van der Waals surface area contributed by atoms with Crippen molar-refractivity contribution in [3.63, 3.8) is 0 Å². The van der Waals surface area contributed by atoms with Crippen LogP contribution in [0.3, 0.4) is 0 Å². The zero-order valence-corrected chi connectivity index (χ0v) is 16.8. The van der Waals surface area contributed by atoms with E-state index in [2.05, 4.69) is 10.2 Å². The lowest BCUT2D eigenvalue weighted by molar-refractivity contribution is -0.119. The summed E-state index contributed by atoms with van der Waals surface area (Å²) in [7, 11) is 0. The Morgan fingerprint density at radius 1 is 1.13 bits per heavy atom. The fourth-order valence-corrected chi connectivity index (χ4v) is 3.68. The van der Waals surface area contributed by atoms with Gasteiger partial charge >= 0.3 is 6.09 Å². The molecule has 2 aromatic carbocycles. The highest BCUT2D eigenvalue weighted by molar-refractivity contribution is 5.90. The SMILES string of the molecule is CC(=O)NCC1CN(c2ccc(-c3ccc(N4CCOCC4)cc3)c(F)c2)C(=O)O1. The van der Waals surface area contributed by atoms with Crippen LogP contribution in [0.1, 0.15) is 6.92 Å². The van der Waals surface area contributed by atoms with Gasteiger partial charge in [-0.3, -0.25) is 9.69 Å². The highest BCUT2D eigenvalue weighted by Crippen LogP contribution is 2.30. The minimum atomic E-state index is -0.549. The van der Waals surface area contributed by atoms with E-state index in [1.54, 1.807) is 12.1 Å². The number of rotatable bonds is 5. The Balaban J connectivity index is 1.47. The van der Waals surface area contributed by atoms with E-state index >= 15 is 0 Å². The molecule has 0 bridgehead atoms. The Morgan fingerprint density at radius 2 is 1.83 bits per heavy atom. The number of anilines is 2. The van der Waals surface area contributed by atoms with Gasteiger partial charge in [-0.1, -0.05) is 12.1 Å². The van der Waals surface area contributed by atoms with Crippen LogP contribution in [0.15, 0.2) is 42.5 Å². The number of nitrogens with one attached hydrogen (secondary N) is 1. The first-order chi connectivity index (χ1) is 14.5. The molecule has 0 aromatic heterocycles. The minimum Gasteiger partial charge on any atom is -0.442 e. The van der Waals surface area contributed by atoms with Crippen molar-refractivity contribution >= 4 is 23.4 Å². The van der Waals surface area contributed by atoms with Gasteiger partial charge in [-0.25, -0.2) is 9.18 Å². The molecule has 7 nitrogen and oxygen atoms in total. The number of carbonyl (C=O) groups excluding carboxylic acids is 2. The number of hydrogen-bond acceptors (Lipinski definition) is 5. The highest BCUT2D eigenvalue weighted by Gasteiger charge is 2.32. The lowest BCUT2D eigenvalue weighted by Crippen LogP contribution is -2.36. The standard InChI is InChI=1S/C22H24FN3O4/c1-15(27)24-13-19-14-26(22(28)30-19)18-6-7-20(21(23)12-18)16-2-4-17(5-3-16)25-8-10-29-11-9-25/h2-7,12,19H,8-11,13-14H2,1H3,(H,24,27). The van der Waals surface area contributed by atoms with E-state index in [1.165, 1.54) is 17.9 Å². The third-order valence-electron chi connectivity index (χ3n) is 5.27. The summed E-state index contributed by atoms with van der Waals surface area (Å²) < 4.78 is 25.5. The maximum absolute atomic E-state index is 14.9. The molecule has 2 aromatic rings. The van der Waals surface area contributed by atoms with Gasteiger partial charge in [0.15, 0.2) is 0 Å². The van der Waals surface area contributed by atoms with E-state index in [0.29, 0.717) is 24.5 Å². The van der Waals surface area contributed by atoms with E-state index in [0.717, 1.165) is 24.3 Å². The Bertz CT molecular complexity index is 928. The van der Waals surface area contributed by atoms with Crippen LogP contribution in [-0.2, 0) is 14.3 Å². The maximum Gasteiger partial charge on any atom is 0.414 e. The Morgan fingerprint density at radius 3 is 2.50 bits per heavy atom. The summed E-state index contributed by atoms with van der Waals surface area (Å²) in [5.41, 5.74) is 2.75. The second-order valence-corrected chi connectivity index (χ2v) is 7.36. The van der Waals surface area contributed by atoms with Crippen molar-refractivity contribution in [2.24, 2.45) is 0 Å². The van der Waals surface area contributed by atoms with Gasteiger partial charge in [0.05, 0.1) is 32.0 Å². The third kappa shape index (κ3) is 4.38. The molecule has 0 saturated carbocycles. The molecule has 2 saturated heterocycles. The first kappa shape index (κ1) is 20.2. The second-order valence-electron chi connectivity index (χ2n) is 7.36. The van der Waals surface area contributed by atoms with E-state index in [9.17, 15) is 14.0 Å². The average molecular weight is 413 g/mol. The molecule has 1 N–H and O–H groups in total. The molecule has 0 spiro atoms. The molecule has 2 aliphatic heterocycles. The van der Waals surface area contributed by atoms with Crippen LogP contribution in [0, 0.1) is 5.82 Å². The fourth-order valence-electron chi connectivity index (χ4n) is 3.68. The number of hydrogen-bond donors (Lipinski definition) is 1. The molecule has 1 unspecified atom stereocenters. The summed E-state index contributed by atoms with van der Waals surface area (Å²) >= 11 is 0. The molecule has 8 heteroatoms. The number of cyclic esters (lactones) is 1. The first-order valence-electron chi connectivity index (χ1n) is 9.96. The number of halogens is 1. The maximum atomic E-state index is 14.9. The number of carbonyl (C=O) groups is 2. The molecular formula is C22H24FN3O4. The summed E-state index contributed by atoms with van der Waals surface area (Å²) in [5.74, 6) is -0.607. The summed E-state index contributed by atoms with van der Waals surface area (Å²) in [6.45, 7) is 5.00.